The average molecular weight is 310 g/mol. The van der Waals surface area contributed by atoms with Gasteiger partial charge in [0.15, 0.2) is 0 Å². The summed E-state index contributed by atoms with van der Waals surface area (Å²) in [6.07, 6.45) is 1.06. The number of halogens is 1. The molecule has 1 fully saturated rings. The smallest absolute Gasteiger partial charge is 0.338 e. The molecule has 18 heavy (non-hydrogen) atoms. The maximum atomic E-state index is 11.7. The molecular formula is C13H12BrNO3. The monoisotopic (exact) mass is 309 g/mol. The largest absolute Gasteiger partial charge is 0.459 e. The Hall–Kier alpha value is -1.38. The molecule has 0 N–H and O–H groups in total. The van der Waals surface area contributed by atoms with Crippen LogP contribution in [0.1, 0.15) is 23.2 Å². The number of hydrogen-bond acceptors (Lipinski definition) is 4. The van der Waals surface area contributed by atoms with E-state index in [-0.39, 0.29) is 18.7 Å². The minimum absolute atomic E-state index is 0.169. The Morgan fingerprint density at radius 2 is 2.28 bits per heavy atom. The van der Waals surface area contributed by atoms with Crippen LogP contribution in [0.25, 0.3) is 0 Å². The van der Waals surface area contributed by atoms with Crippen LogP contribution in [0.15, 0.2) is 30.3 Å². The summed E-state index contributed by atoms with van der Waals surface area (Å²) in [6, 6.07) is 10.8. The summed E-state index contributed by atoms with van der Waals surface area (Å²) in [6.45, 7) is 0.169. The molecule has 1 saturated heterocycles. The quantitative estimate of drug-likeness (QED) is 0.636. The first-order valence-corrected chi connectivity index (χ1v) is 6.42. The highest BCUT2D eigenvalue weighted by Crippen LogP contribution is 2.35. The van der Waals surface area contributed by atoms with E-state index in [0.717, 1.165) is 0 Å². The lowest BCUT2D eigenvalue weighted by Crippen LogP contribution is -2.23. The molecule has 0 radical (unpaired) electrons. The Bertz CT molecular complexity index is 471. The van der Waals surface area contributed by atoms with Crippen molar-refractivity contribution in [2.75, 3.05) is 6.61 Å². The molecule has 94 valence electrons. The van der Waals surface area contributed by atoms with E-state index in [1.807, 2.05) is 12.1 Å². The molecule has 2 atom stereocenters. The zero-order chi connectivity index (χ0) is 13.0. The molecule has 5 heteroatoms. The summed E-state index contributed by atoms with van der Waals surface area (Å²) in [5, 5.41) is 8.87. The molecule has 0 aromatic heterocycles. The third-order valence-electron chi connectivity index (χ3n) is 2.72. The Labute approximate surface area is 114 Å². The molecule has 1 aromatic rings. The van der Waals surface area contributed by atoms with Gasteiger partial charge in [-0.05, 0) is 34.5 Å². The fourth-order valence-corrected chi connectivity index (χ4v) is 2.25. The van der Waals surface area contributed by atoms with Crippen molar-refractivity contribution in [3.05, 3.63) is 35.9 Å². The summed E-state index contributed by atoms with van der Waals surface area (Å²) in [5.74, 6) is -0.372. The molecule has 4 nitrogen and oxygen atoms in total. The number of hydrogen-bond donors (Lipinski definition) is 0. The van der Waals surface area contributed by atoms with Gasteiger partial charge in [0.05, 0.1) is 11.7 Å². The van der Waals surface area contributed by atoms with E-state index < -0.39 is 4.51 Å². The van der Waals surface area contributed by atoms with Crippen molar-refractivity contribution in [1.82, 2.24) is 0 Å². The van der Waals surface area contributed by atoms with E-state index in [9.17, 15) is 4.79 Å². The van der Waals surface area contributed by atoms with E-state index in [1.54, 1.807) is 24.3 Å². The van der Waals surface area contributed by atoms with E-state index in [0.29, 0.717) is 18.4 Å². The topological polar surface area (TPSA) is 59.3 Å². The fraction of sp³-hybridized carbons (Fsp3) is 0.385. The summed E-state index contributed by atoms with van der Waals surface area (Å²) >= 11 is 3.21. The number of carbonyl (C=O) groups is 1. The van der Waals surface area contributed by atoms with Crippen LogP contribution in [0.2, 0.25) is 0 Å². The third-order valence-corrected chi connectivity index (χ3v) is 3.48. The lowest BCUT2D eigenvalue weighted by Gasteiger charge is -2.14. The van der Waals surface area contributed by atoms with E-state index in [2.05, 4.69) is 15.9 Å². The van der Waals surface area contributed by atoms with Crippen molar-refractivity contribution in [3.8, 4) is 6.07 Å². The molecule has 1 unspecified atom stereocenters. The van der Waals surface area contributed by atoms with Gasteiger partial charge in [-0.15, -0.1) is 0 Å². The fourth-order valence-electron chi connectivity index (χ4n) is 1.75. The summed E-state index contributed by atoms with van der Waals surface area (Å²) in [4.78, 5) is 11.7. The zero-order valence-corrected chi connectivity index (χ0v) is 11.2. The average Bonchev–Trinajstić information content (AvgIpc) is 2.80. The van der Waals surface area contributed by atoms with Crippen LogP contribution in [0.5, 0.6) is 0 Å². The van der Waals surface area contributed by atoms with Crippen LogP contribution in [-0.2, 0) is 9.47 Å². The van der Waals surface area contributed by atoms with Crippen LogP contribution >= 0.6 is 15.9 Å². The first kappa shape index (κ1) is 13.1. The minimum atomic E-state index is -0.920. The number of carbonyl (C=O) groups excluding carboxylic acids is 1. The van der Waals surface area contributed by atoms with Gasteiger partial charge in [0.25, 0.3) is 0 Å². The van der Waals surface area contributed by atoms with Gasteiger partial charge < -0.3 is 9.47 Å². The molecular weight excluding hydrogens is 298 g/mol. The second kappa shape index (κ2) is 5.51. The molecule has 2 rings (SSSR count). The van der Waals surface area contributed by atoms with Gasteiger partial charge in [-0.2, -0.15) is 5.26 Å². The molecule has 0 amide bonds. The molecule has 0 aliphatic carbocycles. The number of benzene rings is 1. The first-order chi connectivity index (χ1) is 8.63. The van der Waals surface area contributed by atoms with Gasteiger partial charge in [-0.1, -0.05) is 18.2 Å². The van der Waals surface area contributed by atoms with Crippen molar-refractivity contribution in [2.45, 2.75) is 23.5 Å². The van der Waals surface area contributed by atoms with Gasteiger partial charge in [-0.25, -0.2) is 4.79 Å². The lowest BCUT2D eigenvalue weighted by molar-refractivity contribution is -0.00151. The van der Waals surface area contributed by atoms with Crippen molar-refractivity contribution in [2.24, 2.45) is 0 Å². The normalized spacial score (nSPS) is 26.6. The van der Waals surface area contributed by atoms with Crippen LogP contribution < -0.4 is 0 Å². The second-order valence-corrected chi connectivity index (χ2v) is 5.36. The van der Waals surface area contributed by atoms with E-state index >= 15 is 0 Å². The zero-order valence-electron chi connectivity index (χ0n) is 9.64. The number of rotatable bonds is 3. The van der Waals surface area contributed by atoms with E-state index in [1.165, 1.54) is 0 Å². The number of esters is 1. The number of ether oxygens (including phenoxy) is 2. The van der Waals surface area contributed by atoms with Crippen LogP contribution in [0.4, 0.5) is 0 Å². The molecule has 0 spiro atoms. The third kappa shape index (κ3) is 3.09. The number of nitrogens with zero attached hydrogens (tertiary/aromatic N) is 1. The Morgan fingerprint density at radius 3 is 2.89 bits per heavy atom. The first-order valence-electron chi connectivity index (χ1n) is 5.63. The molecule has 1 heterocycles. The summed E-state index contributed by atoms with van der Waals surface area (Å²) in [5.41, 5.74) is 0.515. The second-order valence-electron chi connectivity index (χ2n) is 4.08. The van der Waals surface area contributed by atoms with Crippen LogP contribution in [0, 0.1) is 11.3 Å². The van der Waals surface area contributed by atoms with Gasteiger partial charge in [0.2, 0.25) is 4.51 Å². The Balaban J connectivity index is 1.84. The van der Waals surface area contributed by atoms with Crippen molar-refractivity contribution < 1.29 is 14.3 Å². The molecule has 1 aliphatic heterocycles. The van der Waals surface area contributed by atoms with Gasteiger partial charge >= 0.3 is 5.97 Å². The number of alkyl halides is 1. The molecule has 0 saturated carbocycles. The van der Waals surface area contributed by atoms with Crippen molar-refractivity contribution in [1.29, 1.82) is 5.26 Å². The predicted octanol–water partition coefficient (Wildman–Crippen LogP) is 2.64. The molecule has 0 bridgehead atoms. The number of nitriles is 1. The lowest BCUT2D eigenvalue weighted by atomic mass is 10.2. The summed E-state index contributed by atoms with van der Waals surface area (Å²) in [7, 11) is 0. The van der Waals surface area contributed by atoms with Gasteiger partial charge in [-0.3, -0.25) is 0 Å². The Morgan fingerprint density at radius 1 is 1.56 bits per heavy atom. The van der Waals surface area contributed by atoms with E-state index in [4.69, 9.17) is 14.7 Å². The highest BCUT2D eigenvalue weighted by atomic mass is 79.9. The minimum Gasteiger partial charge on any atom is -0.459 e. The van der Waals surface area contributed by atoms with Crippen LogP contribution in [0.3, 0.4) is 0 Å². The van der Waals surface area contributed by atoms with Crippen molar-refractivity contribution in [3.63, 3.8) is 0 Å². The predicted molar refractivity (Wildman–Crippen MR) is 68.1 cm³/mol. The van der Waals surface area contributed by atoms with Gasteiger partial charge in [0.1, 0.15) is 12.7 Å². The Kier molecular flexibility index (Phi) is 4.00. The maximum absolute atomic E-state index is 11.7. The highest BCUT2D eigenvalue weighted by Gasteiger charge is 2.38. The summed E-state index contributed by atoms with van der Waals surface area (Å²) < 4.78 is 9.70. The SMILES string of the molecule is N#CC1(Br)CC[C@H](COC(=O)c2ccccc2)O1. The maximum Gasteiger partial charge on any atom is 0.338 e. The molecule has 1 aromatic carbocycles. The van der Waals surface area contributed by atoms with Crippen molar-refractivity contribution >= 4 is 21.9 Å². The molecule has 1 aliphatic rings. The highest BCUT2D eigenvalue weighted by molar-refractivity contribution is 9.10. The van der Waals surface area contributed by atoms with Gasteiger partial charge in [0, 0.05) is 6.42 Å². The standard InChI is InChI=1S/C13H12BrNO3/c14-13(9-15)7-6-11(18-13)8-17-12(16)10-4-2-1-3-5-10/h1-5,11H,6-8H2/t11-,13?/m1/s1. The van der Waals surface area contributed by atoms with Crippen LogP contribution in [-0.4, -0.2) is 23.2 Å².